The van der Waals surface area contributed by atoms with Crippen LogP contribution < -0.4 is 0 Å². The average Bonchev–Trinajstić information content (AvgIpc) is 1.46. The summed E-state index contributed by atoms with van der Waals surface area (Å²) in [7, 11) is 1.00. The largest absolute Gasteiger partial charge is 0.400 e. The fraction of sp³-hybridized carbons (Fsp3) is 0.250. The highest BCUT2D eigenvalue weighted by atomic mass is 16.2. The summed E-state index contributed by atoms with van der Waals surface area (Å²) in [4.78, 5) is 0. The molecular weight excluding hydrogens is 64.0 g/mol. The maximum absolute atomic E-state index is 7.00. The summed E-state index contributed by atoms with van der Waals surface area (Å²) >= 11 is 0. The molecular formula is C4H8O. The van der Waals surface area contributed by atoms with E-state index in [1.54, 1.807) is 0 Å². The Morgan fingerprint density at radius 2 is 1.40 bits per heavy atom. The molecule has 30 valence electrons. The van der Waals surface area contributed by atoms with E-state index in [2.05, 4.69) is 18.9 Å². The molecule has 0 radical (unpaired) electrons. The molecule has 0 aromatic carbocycles. The first kappa shape index (κ1) is 8.82. The minimum Gasteiger partial charge on any atom is -0.400 e. The zero-order valence-corrected chi connectivity index (χ0v) is 3.36. The SMILES string of the molecule is C=C=C.CO. The predicted molar refractivity (Wildman–Crippen MR) is 22.9 cm³/mol. The molecule has 0 atom stereocenters. The highest BCUT2D eigenvalue weighted by Gasteiger charge is 0.905. The molecule has 0 aliphatic rings. The van der Waals surface area contributed by atoms with Crippen LogP contribution in [0.4, 0.5) is 0 Å². The molecule has 5 heavy (non-hydrogen) atoms. The first-order valence-corrected chi connectivity index (χ1v) is 1.15. The van der Waals surface area contributed by atoms with Gasteiger partial charge in [0.25, 0.3) is 0 Å². The first-order valence-electron chi connectivity index (χ1n) is 1.15. The Morgan fingerprint density at radius 1 is 1.40 bits per heavy atom. The number of hydrogen-bond donors (Lipinski definition) is 1. The van der Waals surface area contributed by atoms with Gasteiger partial charge in [-0.05, 0) is 0 Å². The van der Waals surface area contributed by atoms with Crippen molar-refractivity contribution in [2.45, 2.75) is 0 Å². The van der Waals surface area contributed by atoms with Gasteiger partial charge in [-0.2, -0.15) is 0 Å². The molecule has 0 amide bonds. The standard InChI is InChI=1S/C3H4.CH4O/c1-3-2;1-2/h1-2H2;2H,1H3. The predicted octanol–water partition coefficient (Wildman–Crippen LogP) is 0.566. The van der Waals surface area contributed by atoms with E-state index in [9.17, 15) is 0 Å². The molecule has 0 saturated carbocycles. The van der Waals surface area contributed by atoms with E-state index in [1.165, 1.54) is 0 Å². The highest BCUT2D eigenvalue weighted by molar-refractivity contribution is 4.51. The Balaban J connectivity index is 0. The Hall–Kier alpha value is -0.520. The second kappa shape index (κ2) is 92.9. The Labute approximate surface area is 32.3 Å². The molecule has 0 bridgehead atoms. The maximum atomic E-state index is 7.00. The van der Waals surface area contributed by atoms with Gasteiger partial charge in [-0.25, -0.2) is 0 Å². The topological polar surface area (TPSA) is 20.2 Å². The smallest absolute Gasteiger partial charge is 0.0319 e. The van der Waals surface area contributed by atoms with Crippen LogP contribution in [0.2, 0.25) is 0 Å². The molecule has 1 nitrogen and oxygen atoms in total. The molecule has 0 aromatic rings. The lowest BCUT2D eigenvalue weighted by molar-refractivity contribution is 0.399. The summed E-state index contributed by atoms with van der Waals surface area (Å²) in [6, 6.07) is 0. The van der Waals surface area contributed by atoms with Gasteiger partial charge in [-0.3, -0.25) is 0 Å². The van der Waals surface area contributed by atoms with Crippen LogP contribution in [0.3, 0.4) is 0 Å². The van der Waals surface area contributed by atoms with Gasteiger partial charge in [-0.1, -0.05) is 13.2 Å². The van der Waals surface area contributed by atoms with Crippen molar-refractivity contribution in [1.29, 1.82) is 0 Å². The molecule has 0 aliphatic carbocycles. The number of rotatable bonds is 0. The Bertz CT molecular complexity index is 24.6. The molecule has 0 spiro atoms. The van der Waals surface area contributed by atoms with Gasteiger partial charge in [-0.15, -0.1) is 5.73 Å². The van der Waals surface area contributed by atoms with Crippen LogP contribution in [0.25, 0.3) is 0 Å². The van der Waals surface area contributed by atoms with Crippen LogP contribution in [0.1, 0.15) is 0 Å². The van der Waals surface area contributed by atoms with Gasteiger partial charge in [0.05, 0.1) is 0 Å². The summed E-state index contributed by atoms with van der Waals surface area (Å²) in [5.74, 6) is 0. The second-order valence-electron chi connectivity index (χ2n) is 0.250. The molecule has 0 aliphatic heterocycles. The van der Waals surface area contributed by atoms with Gasteiger partial charge >= 0.3 is 0 Å². The van der Waals surface area contributed by atoms with Crippen molar-refractivity contribution in [3.8, 4) is 0 Å². The third-order valence-electron chi connectivity index (χ3n) is 0. The van der Waals surface area contributed by atoms with Gasteiger partial charge in [0.2, 0.25) is 0 Å². The quantitative estimate of drug-likeness (QED) is 0.415. The summed E-state index contributed by atoms with van der Waals surface area (Å²) < 4.78 is 0. The minimum absolute atomic E-state index is 1.00. The summed E-state index contributed by atoms with van der Waals surface area (Å²) in [5, 5.41) is 7.00. The van der Waals surface area contributed by atoms with E-state index in [4.69, 9.17) is 5.11 Å². The highest BCUT2D eigenvalue weighted by Crippen LogP contribution is 1.16. The van der Waals surface area contributed by atoms with Crippen LogP contribution in [-0.2, 0) is 0 Å². The van der Waals surface area contributed by atoms with Gasteiger partial charge in [0, 0.05) is 7.11 Å². The Kier molecular flexibility index (Phi) is 164. The van der Waals surface area contributed by atoms with Crippen LogP contribution >= 0.6 is 0 Å². The second-order valence-corrected chi connectivity index (χ2v) is 0.250. The fourth-order valence-corrected chi connectivity index (χ4v) is 0. The minimum atomic E-state index is 1.00. The lowest BCUT2D eigenvalue weighted by Crippen LogP contribution is -1.25. The maximum Gasteiger partial charge on any atom is 0.0319 e. The van der Waals surface area contributed by atoms with Crippen LogP contribution in [-0.4, -0.2) is 12.2 Å². The van der Waals surface area contributed by atoms with Gasteiger partial charge in [0.1, 0.15) is 0 Å². The van der Waals surface area contributed by atoms with Crippen molar-refractivity contribution in [2.24, 2.45) is 0 Å². The number of hydrogen-bond acceptors (Lipinski definition) is 1. The molecule has 0 fully saturated rings. The molecule has 1 heteroatoms. The zero-order valence-electron chi connectivity index (χ0n) is 3.36. The summed E-state index contributed by atoms with van der Waals surface area (Å²) in [6.45, 7) is 6.25. The van der Waals surface area contributed by atoms with Crippen molar-refractivity contribution < 1.29 is 5.11 Å². The Morgan fingerprint density at radius 3 is 1.40 bits per heavy atom. The molecule has 1 N–H and O–H groups in total. The van der Waals surface area contributed by atoms with Crippen molar-refractivity contribution in [3.63, 3.8) is 0 Å². The lowest BCUT2D eigenvalue weighted by atomic mass is 11.0. The molecule has 0 unspecified atom stereocenters. The monoisotopic (exact) mass is 72.1 g/mol. The van der Waals surface area contributed by atoms with Gasteiger partial charge in [0.15, 0.2) is 0 Å². The van der Waals surface area contributed by atoms with Crippen molar-refractivity contribution in [3.05, 3.63) is 18.9 Å². The van der Waals surface area contributed by atoms with E-state index in [0.29, 0.717) is 0 Å². The van der Waals surface area contributed by atoms with Crippen LogP contribution in [0, 0.1) is 0 Å². The van der Waals surface area contributed by atoms with E-state index in [1.807, 2.05) is 0 Å². The summed E-state index contributed by atoms with van der Waals surface area (Å²) in [6.07, 6.45) is 0. The lowest BCUT2D eigenvalue weighted by Gasteiger charge is -1.21. The number of aliphatic hydroxyl groups excluding tert-OH is 1. The molecule has 0 rings (SSSR count). The third-order valence-corrected chi connectivity index (χ3v) is 0. The molecule has 0 saturated heterocycles. The van der Waals surface area contributed by atoms with Gasteiger partial charge < -0.3 is 5.11 Å². The third kappa shape index (κ3) is 28.2. The zero-order chi connectivity index (χ0) is 4.71. The normalized spacial score (nSPS) is 2.80. The molecule has 0 heterocycles. The van der Waals surface area contributed by atoms with Crippen molar-refractivity contribution >= 4 is 0 Å². The van der Waals surface area contributed by atoms with Crippen LogP contribution in [0.15, 0.2) is 18.9 Å². The van der Waals surface area contributed by atoms with Crippen LogP contribution in [0.5, 0.6) is 0 Å². The van der Waals surface area contributed by atoms with E-state index in [0.717, 1.165) is 7.11 Å². The van der Waals surface area contributed by atoms with Crippen molar-refractivity contribution in [2.75, 3.05) is 7.11 Å². The first-order chi connectivity index (χ1) is 2.41. The average molecular weight is 72.1 g/mol. The molecule has 0 aromatic heterocycles. The van der Waals surface area contributed by atoms with E-state index < -0.39 is 0 Å². The van der Waals surface area contributed by atoms with E-state index in [-0.39, 0.29) is 0 Å². The van der Waals surface area contributed by atoms with E-state index >= 15 is 0 Å². The van der Waals surface area contributed by atoms with Crippen molar-refractivity contribution in [1.82, 2.24) is 0 Å². The summed E-state index contributed by atoms with van der Waals surface area (Å²) in [5.41, 5.74) is 2.25. The fourth-order valence-electron chi connectivity index (χ4n) is 0. The number of aliphatic hydroxyl groups is 1.